The number of allylic oxidation sites excluding steroid dienone is 1. The molecule has 1 aliphatic rings. The van der Waals surface area contributed by atoms with Crippen LogP contribution in [0.4, 0.5) is 5.69 Å². The zero-order chi connectivity index (χ0) is 21.5. The number of aliphatic imine (C=N–C) groups is 1. The second-order valence-electron chi connectivity index (χ2n) is 6.48. The average Bonchev–Trinajstić information content (AvgIpc) is 2.73. The first-order valence-corrected chi connectivity index (χ1v) is 10.8. The first-order valence-electron chi connectivity index (χ1n) is 9.43. The number of rotatable bonds is 6. The molecule has 0 aromatic heterocycles. The largest absolute Gasteiger partial charge is 0.463 e. The fourth-order valence-electron chi connectivity index (χ4n) is 2.93. The van der Waals surface area contributed by atoms with Crippen LogP contribution in [0.1, 0.15) is 25.5 Å². The molecule has 156 valence electrons. The summed E-state index contributed by atoms with van der Waals surface area (Å²) in [5, 5.41) is 7.12. The molecular weight excluding hydrogens is 422 g/mol. The van der Waals surface area contributed by atoms with Gasteiger partial charge in [0.15, 0.2) is 5.17 Å². The van der Waals surface area contributed by atoms with E-state index in [0.717, 1.165) is 11.3 Å². The van der Waals surface area contributed by atoms with E-state index in [4.69, 9.17) is 16.3 Å². The quantitative estimate of drug-likeness (QED) is 0.640. The number of para-hydroxylation sites is 1. The number of thioether (sulfide) groups is 1. The van der Waals surface area contributed by atoms with Crippen LogP contribution in [0.3, 0.4) is 0 Å². The maximum atomic E-state index is 12.5. The van der Waals surface area contributed by atoms with Crippen LogP contribution < -0.4 is 10.6 Å². The van der Waals surface area contributed by atoms with Crippen molar-refractivity contribution in [1.82, 2.24) is 5.32 Å². The normalized spacial score (nSPS) is 15.8. The van der Waals surface area contributed by atoms with Crippen LogP contribution in [-0.2, 0) is 14.3 Å². The Labute approximate surface area is 184 Å². The molecule has 0 saturated heterocycles. The highest BCUT2D eigenvalue weighted by molar-refractivity contribution is 8.14. The van der Waals surface area contributed by atoms with E-state index in [1.807, 2.05) is 42.5 Å². The second-order valence-corrected chi connectivity index (χ2v) is 7.88. The molecular formula is C22H22ClN3O3S. The minimum absolute atomic E-state index is 0.142. The molecule has 0 aliphatic carbocycles. The number of carbonyl (C=O) groups is 2. The molecule has 0 saturated carbocycles. The molecule has 0 unspecified atom stereocenters. The fraction of sp³-hybridized carbons (Fsp3) is 0.227. The summed E-state index contributed by atoms with van der Waals surface area (Å²) in [4.78, 5) is 29.5. The van der Waals surface area contributed by atoms with E-state index in [-0.39, 0.29) is 18.3 Å². The third-order valence-electron chi connectivity index (χ3n) is 4.30. The molecule has 1 heterocycles. The molecule has 1 atom stereocenters. The van der Waals surface area contributed by atoms with Crippen LogP contribution >= 0.6 is 23.4 Å². The number of nitrogens with one attached hydrogen (secondary N) is 2. The first-order chi connectivity index (χ1) is 14.5. The van der Waals surface area contributed by atoms with Crippen LogP contribution in [0.25, 0.3) is 0 Å². The van der Waals surface area contributed by atoms with Crippen LogP contribution in [0.5, 0.6) is 0 Å². The van der Waals surface area contributed by atoms with E-state index < -0.39 is 12.0 Å². The lowest BCUT2D eigenvalue weighted by Gasteiger charge is -2.25. The minimum Gasteiger partial charge on any atom is -0.463 e. The number of hydrogen-bond donors (Lipinski definition) is 2. The van der Waals surface area contributed by atoms with Crippen LogP contribution in [0.2, 0.25) is 5.02 Å². The van der Waals surface area contributed by atoms with Crippen molar-refractivity contribution in [1.29, 1.82) is 0 Å². The number of carbonyl (C=O) groups excluding carboxylic acids is 2. The van der Waals surface area contributed by atoms with Crippen molar-refractivity contribution in [2.75, 3.05) is 17.7 Å². The van der Waals surface area contributed by atoms with Crippen LogP contribution in [0.15, 0.2) is 70.9 Å². The van der Waals surface area contributed by atoms with Crippen molar-refractivity contribution < 1.29 is 14.3 Å². The smallest absolute Gasteiger partial charge is 0.338 e. The lowest BCUT2D eigenvalue weighted by atomic mass is 9.97. The zero-order valence-electron chi connectivity index (χ0n) is 16.6. The zero-order valence-corrected chi connectivity index (χ0v) is 18.2. The molecule has 2 aromatic carbocycles. The van der Waals surface area contributed by atoms with Gasteiger partial charge in [0, 0.05) is 16.4 Å². The lowest BCUT2D eigenvalue weighted by molar-refractivity contribution is -0.139. The van der Waals surface area contributed by atoms with Gasteiger partial charge in [0.05, 0.1) is 17.9 Å². The van der Waals surface area contributed by atoms with Crippen LogP contribution in [-0.4, -0.2) is 29.4 Å². The van der Waals surface area contributed by atoms with Gasteiger partial charge in [-0.1, -0.05) is 53.7 Å². The predicted octanol–water partition coefficient (Wildman–Crippen LogP) is 4.55. The summed E-state index contributed by atoms with van der Waals surface area (Å²) in [6.45, 7) is 3.83. The van der Waals surface area contributed by atoms with Gasteiger partial charge in [0.1, 0.15) is 6.04 Å². The highest BCUT2D eigenvalue weighted by atomic mass is 35.5. The lowest BCUT2D eigenvalue weighted by Crippen LogP contribution is -2.31. The molecule has 2 N–H and O–H groups in total. The van der Waals surface area contributed by atoms with Crippen molar-refractivity contribution in [2.24, 2.45) is 4.99 Å². The topological polar surface area (TPSA) is 79.8 Å². The Morgan fingerprint density at radius 1 is 1.17 bits per heavy atom. The van der Waals surface area contributed by atoms with Crippen molar-refractivity contribution in [2.45, 2.75) is 19.9 Å². The van der Waals surface area contributed by atoms with Gasteiger partial charge < -0.3 is 15.4 Å². The summed E-state index contributed by atoms with van der Waals surface area (Å²) >= 11 is 7.28. The molecule has 1 amide bonds. The molecule has 30 heavy (non-hydrogen) atoms. The van der Waals surface area contributed by atoms with Gasteiger partial charge >= 0.3 is 5.97 Å². The monoisotopic (exact) mass is 443 g/mol. The third kappa shape index (κ3) is 5.64. The van der Waals surface area contributed by atoms with Gasteiger partial charge in [0.25, 0.3) is 0 Å². The molecule has 8 heteroatoms. The number of nitrogens with zero attached hydrogens (tertiary/aromatic N) is 1. The third-order valence-corrected chi connectivity index (χ3v) is 5.44. The maximum absolute atomic E-state index is 12.5. The molecule has 0 bridgehead atoms. The van der Waals surface area contributed by atoms with Gasteiger partial charge in [-0.2, -0.15) is 0 Å². The number of anilines is 1. The summed E-state index contributed by atoms with van der Waals surface area (Å²) < 4.78 is 5.22. The molecule has 6 nitrogen and oxygen atoms in total. The summed E-state index contributed by atoms with van der Waals surface area (Å²) in [6, 6.07) is 15.9. The Kier molecular flexibility index (Phi) is 7.54. The molecule has 0 fully saturated rings. The summed E-state index contributed by atoms with van der Waals surface area (Å²) in [5.74, 6) is -0.385. The van der Waals surface area contributed by atoms with Gasteiger partial charge in [-0.25, -0.2) is 9.79 Å². The molecule has 0 radical (unpaired) electrons. The second kappa shape index (κ2) is 10.3. The highest BCUT2D eigenvalue weighted by Crippen LogP contribution is 2.33. The Morgan fingerprint density at radius 3 is 2.53 bits per heavy atom. The predicted molar refractivity (Wildman–Crippen MR) is 122 cm³/mol. The van der Waals surface area contributed by atoms with Gasteiger partial charge in [-0.3, -0.25) is 4.79 Å². The number of ether oxygens (including phenoxy) is 1. The minimum atomic E-state index is -0.540. The van der Waals surface area contributed by atoms with E-state index in [2.05, 4.69) is 15.6 Å². The Morgan fingerprint density at radius 2 is 1.87 bits per heavy atom. The van der Waals surface area contributed by atoms with Crippen molar-refractivity contribution in [3.05, 3.63) is 76.5 Å². The molecule has 3 rings (SSSR count). The van der Waals surface area contributed by atoms with E-state index in [1.54, 1.807) is 26.0 Å². The van der Waals surface area contributed by atoms with Crippen LogP contribution in [0, 0.1) is 0 Å². The van der Waals surface area contributed by atoms with Crippen molar-refractivity contribution in [3.8, 4) is 0 Å². The maximum Gasteiger partial charge on any atom is 0.338 e. The summed E-state index contributed by atoms with van der Waals surface area (Å²) in [6.07, 6.45) is 0. The highest BCUT2D eigenvalue weighted by Gasteiger charge is 2.30. The van der Waals surface area contributed by atoms with Gasteiger partial charge in [-0.05, 0) is 43.7 Å². The number of benzene rings is 2. The molecule has 0 spiro atoms. The number of hydrogen-bond acceptors (Lipinski definition) is 6. The molecule has 1 aliphatic heterocycles. The van der Waals surface area contributed by atoms with E-state index in [0.29, 0.717) is 21.5 Å². The standard InChI is InChI=1S/C22H22ClN3O3S/c1-3-29-21(28)19-14(2)24-22(26-20(19)15-9-11-16(23)12-10-15)30-13-18(27)25-17-7-5-4-6-8-17/h4-12,20H,3,13H2,1-2H3,(H,24,26)(H,25,27)/t20-/m0/s1. The number of amidine groups is 1. The summed E-state index contributed by atoms with van der Waals surface area (Å²) in [5.41, 5.74) is 2.64. The summed E-state index contributed by atoms with van der Waals surface area (Å²) in [7, 11) is 0. The van der Waals surface area contributed by atoms with E-state index in [9.17, 15) is 9.59 Å². The van der Waals surface area contributed by atoms with E-state index >= 15 is 0 Å². The Balaban J connectivity index is 1.77. The van der Waals surface area contributed by atoms with Crippen molar-refractivity contribution >= 4 is 46.1 Å². The van der Waals surface area contributed by atoms with Gasteiger partial charge in [-0.15, -0.1) is 0 Å². The Bertz CT molecular complexity index is 975. The first kappa shape index (κ1) is 21.9. The average molecular weight is 444 g/mol. The number of amides is 1. The Hall–Kier alpha value is -2.77. The molecule has 2 aromatic rings. The van der Waals surface area contributed by atoms with Gasteiger partial charge in [0.2, 0.25) is 5.91 Å². The fourth-order valence-corrected chi connectivity index (χ4v) is 3.80. The van der Waals surface area contributed by atoms with E-state index in [1.165, 1.54) is 11.8 Å². The number of esters is 1. The SMILES string of the molecule is CCOC(=O)C1=C(C)NC(SCC(=O)Nc2ccccc2)=N[C@H]1c1ccc(Cl)cc1. The number of halogens is 1. The van der Waals surface area contributed by atoms with Crippen molar-refractivity contribution in [3.63, 3.8) is 0 Å².